The van der Waals surface area contributed by atoms with Crippen molar-refractivity contribution < 1.29 is 47.5 Å². The molecular weight excluding hydrogens is 717 g/mol. The zero-order valence-corrected chi connectivity index (χ0v) is 37.0. The highest BCUT2D eigenvalue weighted by atomic mass is 31.2. The van der Waals surface area contributed by atoms with E-state index in [2.05, 4.69) is 19.9 Å². The average Bonchev–Trinajstić information content (AvgIpc) is 3.13. The van der Waals surface area contributed by atoms with Crippen LogP contribution in [0.15, 0.2) is 24.5 Å². The number of likely N-dealkylation sites (N-methyl/N-ethyl adjacent to an activating group) is 1. The van der Waals surface area contributed by atoms with Crippen molar-refractivity contribution in [3.05, 3.63) is 24.5 Å². The van der Waals surface area contributed by atoms with Gasteiger partial charge in [0, 0.05) is 6.42 Å². The van der Waals surface area contributed by atoms with Crippen LogP contribution in [0.5, 0.6) is 0 Å². The van der Waals surface area contributed by atoms with Crippen LogP contribution in [0.2, 0.25) is 0 Å². The summed E-state index contributed by atoms with van der Waals surface area (Å²) < 4.78 is 34.7. The van der Waals surface area contributed by atoms with Crippen molar-refractivity contribution in [3.8, 4) is 0 Å². The van der Waals surface area contributed by atoms with Crippen LogP contribution in [0.25, 0.3) is 0 Å². The van der Waals surface area contributed by atoms with E-state index in [0.29, 0.717) is 30.3 Å². The van der Waals surface area contributed by atoms with Crippen LogP contribution in [0.4, 0.5) is 0 Å². The van der Waals surface area contributed by atoms with Crippen LogP contribution in [0.3, 0.4) is 0 Å². The second-order valence-corrected chi connectivity index (χ2v) is 17.9. The maximum Gasteiger partial charge on any atom is 0.472 e. The van der Waals surface area contributed by atoms with E-state index in [0.717, 1.165) is 51.4 Å². The van der Waals surface area contributed by atoms with E-state index < -0.39 is 26.1 Å². The van der Waals surface area contributed by atoms with Gasteiger partial charge in [-0.2, -0.15) is 0 Å². The molecule has 0 rings (SSSR count). The first kappa shape index (κ1) is 53.7. The van der Waals surface area contributed by atoms with Gasteiger partial charge in [0.2, 0.25) is 0 Å². The summed E-state index contributed by atoms with van der Waals surface area (Å²) in [5, 5.41) is 20.5. The fourth-order valence-corrected chi connectivity index (χ4v) is 6.83. The average molecular weight is 805 g/mol. The van der Waals surface area contributed by atoms with Gasteiger partial charge in [0.25, 0.3) is 0 Å². The number of hydrogen-bond donors (Lipinski definition) is 3. The molecular formula is C44H87NO9P+. The molecule has 0 spiro atoms. The molecule has 326 valence electrons. The summed E-state index contributed by atoms with van der Waals surface area (Å²) in [6.07, 6.45) is 34.8. The number of unbranched alkanes of at least 4 members (excludes halogenated alkanes) is 21. The van der Waals surface area contributed by atoms with Crippen LogP contribution in [0, 0.1) is 0 Å². The van der Waals surface area contributed by atoms with E-state index in [4.69, 9.17) is 18.5 Å². The van der Waals surface area contributed by atoms with Crippen molar-refractivity contribution in [1.29, 1.82) is 0 Å². The molecule has 0 aromatic carbocycles. The van der Waals surface area contributed by atoms with Gasteiger partial charge in [0.15, 0.2) is 6.10 Å². The quantitative estimate of drug-likeness (QED) is 0.0138. The number of hydrogen-bond acceptors (Lipinski definition) is 8. The van der Waals surface area contributed by atoms with Gasteiger partial charge in [0.05, 0.1) is 46.2 Å². The van der Waals surface area contributed by atoms with E-state index in [9.17, 15) is 24.5 Å². The Kier molecular flexibility index (Phi) is 36.2. The van der Waals surface area contributed by atoms with E-state index in [1.165, 1.54) is 96.3 Å². The molecule has 0 heterocycles. The molecule has 3 N–H and O–H groups in total. The van der Waals surface area contributed by atoms with Crippen LogP contribution < -0.4 is 0 Å². The second kappa shape index (κ2) is 37.0. The normalized spacial score (nSPS) is 15.1. The van der Waals surface area contributed by atoms with Gasteiger partial charge in [-0.1, -0.05) is 148 Å². The molecule has 0 saturated heterocycles. The van der Waals surface area contributed by atoms with Crippen molar-refractivity contribution >= 4 is 13.8 Å². The van der Waals surface area contributed by atoms with Gasteiger partial charge in [-0.15, -0.1) is 0 Å². The fraction of sp³-hybridized carbons (Fsp3) is 0.886. The predicted molar refractivity (Wildman–Crippen MR) is 227 cm³/mol. The monoisotopic (exact) mass is 805 g/mol. The molecule has 1 unspecified atom stereocenters. The van der Waals surface area contributed by atoms with E-state index in [-0.39, 0.29) is 32.2 Å². The lowest BCUT2D eigenvalue weighted by Gasteiger charge is -2.24. The number of carbonyl (C=O) groups excluding carboxylic acids is 1. The van der Waals surface area contributed by atoms with Gasteiger partial charge in [0.1, 0.15) is 19.8 Å². The zero-order valence-electron chi connectivity index (χ0n) is 36.1. The van der Waals surface area contributed by atoms with Gasteiger partial charge in [-0.3, -0.25) is 13.8 Å². The van der Waals surface area contributed by atoms with Gasteiger partial charge >= 0.3 is 13.8 Å². The summed E-state index contributed by atoms with van der Waals surface area (Å²) in [5.74, 6) is -0.354. The molecule has 10 nitrogen and oxygen atoms in total. The van der Waals surface area contributed by atoms with E-state index in [1.807, 2.05) is 33.3 Å². The Morgan fingerprint density at radius 3 is 1.75 bits per heavy atom. The Morgan fingerprint density at radius 2 is 1.15 bits per heavy atom. The van der Waals surface area contributed by atoms with Crippen LogP contribution in [-0.4, -0.2) is 91.4 Å². The van der Waals surface area contributed by atoms with Crippen molar-refractivity contribution in [3.63, 3.8) is 0 Å². The Bertz CT molecular complexity index is 971. The van der Waals surface area contributed by atoms with Crippen LogP contribution in [-0.2, 0) is 27.9 Å². The van der Waals surface area contributed by atoms with Crippen LogP contribution >= 0.6 is 7.82 Å². The number of phosphoric acid groups is 1. The lowest BCUT2D eigenvalue weighted by molar-refractivity contribution is -0.870. The molecule has 0 fully saturated rings. The summed E-state index contributed by atoms with van der Waals surface area (Å²) in [6.45, 7) is 4.68. The highest BCUT2D eigenvalue weighted by molar-refractivity contribution is 7.47. The van der Waals surface area contributed by atoms with Crippen molar-refractivity contribution in [2.24, 2.45) is 0 Å². The smallest absolute Gasteiger partial charge is 0.472 e. The summed E-state index contributed by atoms with van der Waals surface area (Å²) >= 11 is 0. The second-order valence-electron chi connectivity index (χ2n) is 16.5. The summed E-state index contributed by atoms with van der Waals surface area (Å²) in [6, 6.07) is 0. The Hall–Kier alpha value is -1.26. The van der Waals surface area contributed by atoms with E-state index >= 15 is 0 Å². The molecule has 0 bridgehead atoms. The van der Waals surface area contributed by atoms with E-state index in [1.54, 1.807) is 6.26 Å². The van der Waals surface area contributed by atoms with Crippen LogP contribution in [0.1, 0.15) is 187 Å². The standard InChI is InChI=1S/C44H86NO9P/c1-6-8-10-12-14-15-16-17-18-19-20-21-22-23-28-32-37-51-41(40-54-55(49,50)53-38-36-45(3,4)5)39-52-44(48)35-31-27-24-26-30-34-43(47)42(46)33-29-25-13-11-9-7-2/h25,29,32,37,41-43,46-47H,6-24,26-28,30-31,33-36,38-40H2,1-5H3/p+1/b29-25-,37-32+/t41-,42-,43-/m1/s1. The highest BCUT2D eigenvalue weighted by Crippen LogP contribution is 2.43. The highest BCUT2D eigenvalue weighted by Gasteiger charge is 2.25. The Balaban J connectivity index is 4.38. The topological polar surface area (TPSA) is 132 Å². The Morgan fingerprint density at radius 1 is 0.636 bits per heavy atom. The molecule has 4 atom stereocenters. The molecule has 0 aromatic rings. The number of nitrogens with zero attached hydrogens (tertiary/aromatic N) is 1. The summed E-state index contributed by atoms with van der Waals surface area (Å²) in [7, 11) is 1.59. The maximum atomic E-state index is 12.5. The largest absolute Gasteiger partial charge is 0.492 e. The molecule has 0 amide bonds. The predicted octanol–water partition coefficient (Wildman–Crippen LogP) is 11.1. The minimum absolute atomic E-state index is 0.0657. The molecule has 0 aliphatic heterocycles. The number of ether oxygens (including phenoxy) is 2. The fourth-order valence-electron chi connectivity index (χ4n) is 6.09. The van der Waals surface area contributed by atoms with Gasteiger partial charge < -0.3 is 29.1 Å². The van der Waals surface area contributed by atoms with Crippen molar-refractivity contribution in [2.75, 3.05) is 47.5 Å². The molecule has 0 aromatic heterocycles. The first-order chi connectivity index (χ1) is 26.4. The number of esters is 1. The summed E-state index contributed by atoms with van der Waals surface area (Å²) in [4.78, 5) is 22.7. The number of aliphatic hydroxyl groups is 2. The maximum absolute atomic E-state index is 12.5. The lowest BCUT2D eigenvalue weighted by atomic mass is 10.0. The van der Waals surface area contributed by atoms with Crippen molar-refractivity contribution in [2.45, 2.75) is 206 Å². The minimum Gasteiger partial charge on any atom is -0.492 e. The summed E-state index contributed by atoms with van der Waals surface area (Å²) in [5.41, 5.74) is 0. The third kappa shape index (κ3) is 39.4. The van der Waals surface area contributed by atoms with Gasteiger partial charge in [-0.05, 0) is 51.0 Å². The first-order valence-corrected chi connectivity index (χ1v) is 23.8. The number of quaternary nitrogens is 1. The zero-order chi connectivity index (χ0) is 40.9. The number of allylic oxidation sites excluding steroid dienone is 2. The number of rotatable bonds is 41. The third-order valence-corrected chi connectivity index (χ3v) is 10.8. The molecule has 0 saturated carbocycles. The molecule has 0 radical (unpaired) electrons. The lowest BCUT2D eigenvalue weighted by Crippen LogP contribution is -2.37. The van der Waals surface area contributed by atoms with Crippen molar-refractivity contribution in [1.82, 2.24) is 0 Å². The number of phosphoric ester groups is 1. The molecule has 0 aliphatic carbocycles. The van der Waals surface area contributed by atoms with Gasteiger partial charge in [-0.25, -0.2) is 4.57 Å². The first-order valence-electron chi connectivity index (χ1n) is 22.3. The third-order valence-electron chi connectivity index (χ3n) is 9.81. The number of carbonyl (C=O) groups is 1. The Labute approximate surface area is 338 Å². The minimum atomic E-state index is -4.30. The molecule has 55 heavy (non-hydrogen) atoms. The SMILES string of the molecule is CCCCC/C=C\C[C@@H](O)[C@H](O)CCCCCCCC(=O)OC[C@H](COP(=O)(O)OCC[N+](C)(C)C)O/C=C/CCCCCCCCCCCCCCCC. The number of aliphatic hydroxyl groups excluding tert-OH is 2. The molecule has 0 aliphatic rings. The molecule has 11 heteroatoms.